The molecule has 0 radical (unpaired) electrons. The molecule has 0 atom stereocenters. The molecule has 0 bridgehead atoms. The van der Waals surface area contributed by atoms with Crippen molar-refractivity contribution in [3.8, 4) is 0 Å². The Morgan fingerprint density at radius 1 is 1.33 bits per heavy atom. The van der Waals surface area contributed by atoms with Crippen LogP contribution in [0.25, 0.3) is 0 Å². The van der Waals surface area contributed by atoms with Crippen LogP contribution in [0.3, 0.4) is 0 Å². The van der Waals surface area contributed by atoms with E-state index in [1.165, 1.54) is 12.1 Å². The van der Waals surface area contributed by atoms with Crippen LogP contribution in [-0.4, -0.2) is 27.8 Å². The zero-order valence-corrected chi connectivity index (χ0v) is 13.1. The molecule has 8 nitrogen and oxygen atoms in total. The highest BCUT2D eigenvalue weighted by Crippen LogP contribution is 2.28. The summed E-state index contributed by atoms with van der Waals surface area (Å²) in [6, 6.07) is 3.44. The molecule has 9 heteroatoms. The molecule has 0 aliphatic rings. The molecular formula is C12H13BrN2O6. The van der Waals surface area contributed by atoms with Crippen molar-refractivity contribution in [1.29, 1.82) is 0 Å². The summed E-state index contributed by atoms with van der Waals surface area (Å²) >= 11 is 3.03. The van der Waals surface area contributed by atoms with Crippen molar-refractivity contribution >= 4 is 39.5 Å². The summed E-state index contributed by atoms with van der Waals surface area (Å²) in [5.74, 6) is 0. The number of benzene rings is 1. The molecule has 21 heavy (non-hydrogen) atoms. The summed E-state index contributed by atoms with van der Waals surface area (Å²) in [5.41, 5.74) is -1.44. The van der Waals surface area contributed by atoms with Crippen LogP contribution < -0.4 is 4.90 Å². The maximum Gasteiger partial charge on any atom is 0.424 e. The van der Waals surface area contributed by atoms with Gasteiger partial charge in [-0.2, -0.15) is 4.90 Å². The molecule has 1 aromatic rings. The van der Waals surface area contributed by atoms with Gasteiger partial charge in [-0.3, -0.25) is 10.1 Å². The molecular weight excluding hydrogens is 348 g/mol. The average molecular weight is 361 g/mol. The molecule has 1 rings (SSSR count). The lowest BCUT2D eigenvalue weighted by molar-refractivity contribution is -0.384. The molecule has 0 saturated carbocycles. The zero-order chi connectivity index (χ0) is 16.4. The Morgan fingerprint density at radius 3 is 2.33 bits per heavy atom. The lowest BCUT2D eigenvalue weighted by Gasteiger charge is -2.24. The molecule has 0 unspecified atom stereocenters. The third kappa shape index (κ3) is 4.71. The van der Waals surface area contributed by atoms with Gasteiger partial charge in [0, 0.05) is 16.6 Å². The van der Waals surface area contributed by atoms with Crippen molar-refractivity contribution in [3.05, 3.63) is 32.8 Å². The Bertz CT molecular complexity index is 596. The number of halogens is 1. The number of carboxylic acid groups (broad SMARTS) is 1. The number of amides is 2. The van der Waals surface area contributed by atoms with Gasteiger partial charge < -0.3 is 9.84 Å². The average Bonchev–Trinajstić information content (AvgIpc) is 2.24. The maximum atomic E-state index is 11.9. The minimum absolute atomic E-state index is 0.183. The van der Waals surface area contributed by atoms with Crippen LogP contribution in [0.1, 0.15) is 20.8 Å². The molecule has 0 heterocycles. The Hall–Kier alpha value is -2.16. The second-order valence-electron chi connectivity index (χ2n) is 5.02. The Labute approximate surface area is 128 Å². The van der Waals surface area contributed by atoms with Gasteiger partial charge in [0.15, 0.2) is 0 Å². The largest absolute Gasteiger partial charge is 0.464 e. The first-order valence-corrected chi connectivity index (χ1v) is 6.51. The summed E-state index contributed by atoms with van der Waals surface area (Å²) < 4.78 is 5.24. The first-order valence-electron chi connectivity index (χ1n) is 5.72. The minimum atomic E-state index is -1.60. The summed E-state index contributed by atoms with van der Waals surface area (Å²) in [7, 11) is 0. The number of nitro benzene ring substituents is 1. The molecule has 0 aliphatic carbocycles. The van der Waals surface area contributed by atoms with Crippen LogP contribution in [0, 0.1) is 10.1 Å². The van der Waals surface area contributed by atoms with Crippen molar-refractivity contribution < 1.29 is 24.4 Å². The number of carbonyl (C=O) groups excluding carboxylic acids is 1. The van der Waals surface area contributed by atoms with E-state index in [0.717, 1.165) is 6.07 Å². The molecule has 0 fully saturated rings. The third-order valence-electron chi connectivity index (χ3n) is 2.10. The van der Waals surface area contributed by atoms with Gasteiger partial charge in [0.05, 0.1) is 10.6 Å². The summed E-state index contributed by atoms with van der Waals surface area (Å²) in [6.07, 6.45) is -2.74. The van der Waals surface area contributed by atoms with Gasteiger partial charge in [-0.05, 0) is 26.8 Å². The van der Waals surface area contributed by atoms with E-state index in [1.54, 1.807) is 20.8 Å². The van der Waals surface area contributed by atoms with E-state index in [-0.39, 0.29) is 15.8 Å². The van der Waals surface area contributed by atoms with Crippen molar-refractivity contribution in [2.45, 2.75) is 26.4 Å². The number of ether oxygens (including phenoxy) is 1. The first kappa shape index (κ1) is 16.9. The molecule has 0 spiro atoms. The van der Waals surface area contributed by atoms with E-state index in [9.17, 15) is 19.7 Å². The normalized spacial score (nSPS) is 10.9. The van der Waals surface area contributed by atoms with Gasteiger partial charge >= 0.3 is 12.2 Å². The minimum Gasteiger partial charge on any atom is -0.464 e. The smallest absolute Gasteiger partial charge is 0.424 e. The lowest BCUT2D eigenvalue weighted by atomic mass is 10.2. The van der Waals surface area contributed by atoms with Crippen LogP contribution in [0.5, 0.6) is 0 Å². The molecule has 0 aromatic heterocycles. The van der Waals surface area contributed by atoms with E-state index in [4.69, 9.17) is 9.84 Å². The van der Waals surface area contributed by atoms with Crippen LogP contribution in [-0.2, 0) is 4.74 Å². The number of nitro groups is 1. The van der Waals surface area contributed by atoms with E-state index in [0.29, 0.717) is 4.90 Å². The second kappa shape index (κ2) is 6.08. The SMILES string of the molecule is CC(C)(C)OC(=O)N(C(=O)O)c1cc(Br)cc([N+](=O)[O-])c1. The van der Waals surface area contributed by atoms with Crippen molar-refractivity contribution in [2.24, 2.45) is 0 Å². The maximum absolute atomic E-state index is 11.9. The highest BCUT2D eigenvalue weighted by molar-refractivity contribution is 9.10. The number of rotatable bonds is 2. The predicted molar refractivity (Wildman–Crippen MR) is 77.5 cm³/mol. The second-order valence-corrected chi connectivity index (χ2v) is 5.94. The van der Waals surface area contributed by atoms with Gasteiger partial charge in [0.2, 0.25) is 0 Å². The monoisotopic (exact) mass is 360 g/mol. The highest BCUT2D eigenvalue weighted by atomic mass is 79.9. The summed E-state index contributed by atoms with van der Waals surface area (Å²) in [5, 5.41) is 20.0. The standard InChI is InChI=1S/C12H13BrN2O6/c1-12(2,3)21-11(18)14(10(16)17)8-4-7(13)5-9(6-8)15(19)20/h4-6H,1-3H3,(H,16,17). The molecule has 114 valence electrons. The topological polar surface area (TPSA) is 110 Å². The summed E-state index contributed by atoms with van der Waals surface area (Å²) in [4.78, 5) is 33.6. The van der Waals surface area contributed by atoms with Crippen LogP contribution in [0.4, 0.5) is 21.0 Å². The lowest BCUT2D eigenvalue weighted by Crippen LogP contribution is -2.40. The number of carbonyl (C=O) groups is 2. The molecule has 0 aliphatic heterocycles. The number of nitrogens with zero attached hydrogens (tertiary/aromatic N) is 2. The molecule has 2 amide bonds. The first-order chi connectivity index (χ1) is 9.51. The highest BCUT2D eigenvalue weighted by Gasteiger charge is 2.30. The van der Waals surface area contributed by atoms with Crippen molar-refractivity contribution in [1.82, 2.24) is 0 Å². The Kier molecular flexibility index (Phi) is 4.89. The third-order valence-corrected chi connectivity index (χ3v) is 2.56. The van der Waals surface area contributed by atoms with Gasteiger partial charge in [0.25, 0.3) is 5.69 Å². The van der Waals surface area contributed by atoms with Gasteiger partial charge in [-0.25, -0.2) is 9.59 Å². The predicted octanol–water partition coefficient (Wildman–Crippen LogP) is 3.78. The fourth-order valence-corrected chi connectivity index (χ4v) is 1.86. The van der Waals surface area contributed by atoms with Crippen molar-refractivity contribution in [3.63, 3.8) is 0 Å². The van der Waals surface area contributed by atoms with E-state index < -0.39 is 22.7 Å². The summed E-state index contributed by atoms with van der Waals surface area (Å²) in [6.45, 7) is 4.73. The van der Waals surface area contributed by atoms with Gasteiger partial charge in [0.1, 0.15) is 5.60 Å². The Balaban J connectivity index is 3.27. The zero-order valence-electron chi connectivity index (χ0n) is 11.5. The molecule has 0 saturated heterocycles. The molecule has 1 aromatic carbocycles. The van der Waals surface area contributed by atoms with Crippen molar-refractivity contribution in [2.75, 3.05) is 4.90 Å². The fraction of sp³-hybridized carbons (Fsp3) is 0.333. The Morgan fingerprint density at radius 2 is 1.90 bits per heavy atom. The van der Waals surface area contributed by atoms with E-state index in [1.807, 2.05) is 0 Å². The fourth-order valence-electron chi connectivity index (χ4n) is 1.40. The van der Waals surface area contributed by atoms with Crippen LogP contribution in [0.15, 0.2) is 22.7 Å². The number of imide groups is 1. The van der Waals surface area contributed by atoms with Crippen LogP contribution in [0.2, 0.25) is 0 Å². The molecule has 1 N–H and O–H groups in total. The van der Waals surface area contributed by atoms with E-state index >= 15 is 0 Å². The number of non-ortho nitro benzene ring substituents is 1. The number of hydrogen-bond donors (Lipinski definition) is 1. The van der Waals surface area contributed by atoms with Gasteiger partial charge in [-0.15, -0.1) is 0 Å². The number of hydrogen-bond acceptors (Lipinski definition) is 5. The quantitative estimate of drug-likeness (QED) is 0.634. The number of anilines is 1. The van der Waals surface area contributed by atoms with Crippen LogP contribution >= 0.6 is 15.9 Å². The van der Waals surface area contributed by atoms with E-state index in [2.05, 4.69) is 15.9 Å². The van der Waals surface area contributed by atoms with Gasteiger partial charge in [-0.1, -0.05) is 15.9 Å².